The number of aliphatic hydroxyl groups is 4. The van der Waals surface area contributed by atoms with E-state index in [2.05, 4.69) is 0 Å². The van der Waals surface area contributed by atoms with Crippen LogP contribution in [0, 0.1) is 0 Å². The third-order valence-corrected chi connectivity index (χ3v) is 2.06. The molecular weight excluding hydrogens is 180 g/mol. The molecule has 0 aromatic heterocycles. The van der Waals surface area contributed by atoms with Gasteiger partial charge in [-0.3, -0.25) is 0 Å². The van der Waals surface area contributed by atoms with Crippen molar-refractivity contribution in [2.45, 2.75) is 30.7 Å². The van der Waals surface area contributed by atoms with Crippen LogP contribution in [0.3, 0.4) is 0 Å². The number of hydrogen-bond donors (Lipinski definition) is 4. The minimum atomic E-state index is -1.24. The van der Waals surface area contributed by atoms with E-state index >= 15 is 0 Å². The fourth-order valence-corrected chi connectivity index (χ4v) is 1.29. The first-order valence-electron chi connectivity index (χ1n) is 3.95. The zero-order chi connectivity index (χ0) is 10.0. The molecule has 5 atom stereocenters. The Morgan fingerprint density at radius 2 is 2.00 bits per heavy atom. The Morgan fingerprint density at radius 1 is 1.38 bits per heavy atom. The third kappa shape index (κ3) is 1.98. The Balaban J connectivity index is 2.60. The second-order valence-corrected chi connectivity index (χ2v) is 2.94. The predicted octanol–water partition coefficient (Wildman–Crippen LogP) is -2.57. The number of aliphatic hydroxyl groups excluding tert-OH is 4. The SMILES string of the molecule is COC1O[C@H]([C@@H](O)CO)[C@@H](O)[C@H]1O. The average molecular weight is 194 g/mol. The minimum absolute atomic E-state index is 0.537. The van der Waals surface area contributed by atoms with Crippen LogP contribution in [0.4, 0.5) is 0 Å². The van der Waals surface area contributed by atoms with Gasteiger partial charge in [0.1, 0.15) is 24.4 Å². The highest BCUT2D eigenvalue weighted by molar-refractivity contribution is 4.90. The third-order valence-electron chi connectivity index (χ3n) is 2.06. The fraction of sp³-hybridized carbons (Fsp3) is 1.00. The molecule has 1 aliphatic heterocycles. The topological polar surface area (TPSA) is 99.4 Å². The molecule has 1 rings (SSSR count). The highest BCUT2D eigenvalue weighted by atomic mass is 16.7. The van der Waals surface area contributed by atoms with Crippen LogP contribution in [-0.2, 0) is 9.47 Å². The Kier molecular flexibility index (Phi) is 3.60. The van der Waals surface area contributed by atoms with Crippen LogP contribution in [0.2, 0.25) is 0 Å². The molecule has 78 valence electrons. The van der Waals surface area contributed by atoms with Gasteiger partial charge in [-0.2, -0.15) is 0 Å². The van der Waals surface area contributed by atoms with Crippen LogP contribution < -0.4 is 0 Å². The van der Waals surface area contributed by atoms with Gasteiger partial charge in [0.2, 0.25) is 0 Å². The predicted molar refractivity (Wildman–Crippen MR) is 40.8 cm³/mol. The zero-order valence-corrected chi connectivity index (χ0v) is 7.20. The first-order valence-corrected chi connectivity index (χ1v) is 3.95. The van der Waals surface area contributed by atoms with Crippen molar-refractivity contribution in [3.8, 4) is 0 Å². The van der Waals surface area contributed by atoms with Crippen molar-refractivity contribution in [3.05, 3.63) is 0 Å². The molecule has 0 bridgehead atoms. The highest BCUT2D eigenvalue weighted by Crippen LogP contribution is 2.23. The average Bonchev–Trinajstić information content (AvgIpc) is 2.43. The number of rotatable bonds is 3. The van der Waals surface area contributed by atoms with Crippen LogP contribution in [0.1, 0.15) is 0 Å². The molecule has 1 heterocycles. The summed E-state index contributed by atoms with van der Waals surface area (Å²) in [6, 6.07) is 0. The van der Waals surface area contributed by atoms with Crippen molar-refractivity contribution in [3.63, 3.8) is 0 Å². The standard InChI is InChI=1S/C7H14O6/c1-12-7-5(11)4(10)6(13-7)3(9)2-8/h3-11H,2H2,1H3/t3-,4-,5+,6+,7?/m0/s1. The second kappa shape index (κ2) is 4.32. The zero-order valence-electron chi connectivity index (χ0n) is 7.20. The fourth-order valence-electron chi connectivity index (χ4n) is 1.29. The second-order valence-electron chi connectivity index (χ2n) is 2.94. The Labute approximate surface area is 75.3 Å². The molecule has 4 N–H and O–H groups in total. The van der Waals surface area contributed by atoms with Gasteiger partial charge in [0.25, 0.3) is 0 Å². The van der Waals surface area contributed by atoms with E-state index in [1.54, 1.807) is 0 Å². The summed E-state index contributed by atoms with van der Waals surface area (Å²) >= 11 is 0. The van der Waals surface area contributed by atoms with Crippen LogP contribution >= 0.6 is 0 Å². The Bertz CT molecular complexity index is 163. The highest BCUT2D eigenvalue weighted by Gasteiger charge is 2.45. The molecule has 1 unspecified atom stereocenters. The molecule has 0 aromatic rings. The van der Waals surface area contributed by atoms with Crippen molar-refractivity contribution in [2.75, 3.05) is 13.7 Å². The van der Waals surface area contributed by atoms with Gasteiger partial charge in [-0.15, -0.1) is 0 Å². The summed E-state index contributed by atoms with van der Waals surface area (Å²) in [6.45, 7) is -0.537. The van der Waals surface area contributed by atoms with Crippen molar-refractivity contribution < 1.29 is 29.9 Å². The van der Waals surface area contributed by atoms with Gasteiger partial charge in [-0.05, 0) is 0 Å². The molecule has 0 radical (unpaired) electrons. The quantitative estimate of drug-likeness (QED) is 0.394. The molecular formula is C7H14O6. The van der Waals surface area contributed by atoms with Gasteiger partial charge < -0.3 is 29.9 Å². The largest absolute Gasteiger partial charge is 0.394 e. The van der Waals surface area contributed by atoms with E-state index in [1.165, 1.54) is 7.11 Å². The lowest BCUT2D eigenvalue weighted by Crippen LogP contribution is -2.40. The molecule has 0 amide bonds. The monoisotopic (exact) mass is 194 g/mol. The summed E-state index contributed by atoms with van der Waals surface area (Å²) in [7, 11) is 1.31. The molecule has 1 saturated heterocycles. The molecule has 0 aliphatic carbocycles. The van der Waals surface area contributed by atoms with E-state index in [9.17, 15) is 10.2 Å². The van der Waals surface area contributed by atoms with E-state index < -0.39 is 37.3 Å². The number of ether oxygens (including phenoxy) is 2. The molecule has 0 spiro atoms. The van der Waals surface area contributed by atoms with E-state index in [0.29, 0.717) is 0 Å². The number of methoxy groups -OCH3 is 1. The lowest BCUT2D eigenvalue weighted by Gasteiger charge is -2.18. The van der Waals surface area contributed by atoms with Crippen LogP contribution in [0.5, 0.6) is 0 Å². The van der Waals surface area contributed by atoms with Gasteiger partial charge in [-0.25, -0.2) is 0 Å². The van der Waals surface area contributed by atoms with Crippen LogP contribution in [0.15, 0.2) is 0 Å². The maximum absolute atomic E-state index is 9.33. The Hall–Kier alpha value is -0.240. The Morgan fingerprint density at radius 3 is 2.38 bits per heavy atom. The summed E-state index contributed by atoms with van der Waals surface area (Å²) in [4.78, 5) is 0. The normalized spacial score (nSPS) is 42.2. The lowest BCUT2D eigenvalue weighted by atomic mass is 10.1. The van der Waals surface area contributed by atoms with Gasteiger partial charge in [0.15, 0.2) is 6.29 Å². The van der Waals surface area contributed by atoms with Gasteiger partial charge >= 0.3 is 0 Å². The molecule has 0 aromatic carbocycles. The maximum atomic E-state index is 9.33. The molecule has 0 saturated carbocycles. The van der Waals surface area contributed by atoms with Crippen LogP contribution in [-0.4, -0.2) is 64.8 Å². The van der Waals surface area contributed by atoms with Crippen molar-refractivity contribution >= 4 is 0 Å². The summed E-state index contributed by atoms with van der Waals surface area (Å²) in [6.07, 6.45) is -5.63. The van der Waals surface area contributed by atoms with Crippen molar-refractivity contribution in [1.29, 1.82) is 0 Å². The van der Waals surface area contributed by atoms with E-state index in [0.717, 1.165) is 0 Å². The summed E-state index contributed by atoms with van der Waals surface area (Å²) in [5.74, 6) is 0. The smallest absolute Gasteiger partial charge is 0.186 e. The molecule has 6 nitrogen and oxygen atoms in total. The van der Waals surface area contributed by atoms with E-state index in [-0.39, 0.29) is 0 Å². The van der Waals surface area contributed by atoms with Gasteiger partial charge in [-0.1, -0.05) is 0 Å². The summed E-state index contributed by atoms with van der Waals surface area (Å²) in [5.41, 5.74) is 0. The van der Waals surface area contributed by atoms with Crippen molar-refractivity contribution in [1.82, 2.24) is 0 Å². The molecule has 6 heteroatoms. The summed E-state index contributed by atoms with van der Waals surface area (Å²) < 4.78 is 9.65. The first kappa shape index (κ1) is 10.8. The van der Waals surface area contributed by atoms with Gasteiger partial charge in [0.05, 0.1) is 6.61 Å². The maximum Gasteiger partial charge on any atom is 0.186 e. The van der Waals surface area contributed by atoms with Gasteiger partial charge in [0, 0.05) is 7.11 Å². The summed E-state index contributed by atoms with van der Waals surface area (Å²) in [5, 5.41) is 36.4. The lowest BCUT2D eigenvalue weighted by molar-refractivity contribution is -0.166. The van der Waals surface area contributed by atoms with Crippen molar-refractivity contribution in [2.24, 2.45) is 0 Å². The number of hydrogen-bond acceptors (Lipinski definition) is 6. The van der Waals surface area contributed by atoms with E-state index in [1.807, 2.05) is 0 Å². The molecule has 13 heavy (non-hydrogen) atoms. The molecule has 1 fully saturated rings. The molecule has 1 aliphatic rings. The van der Waals surface area contributed by atoms with E-state index in [4.69, 9.17) is 19.7 Å². The minimum Gasteiger partial charge on any atom is -0.394 e. The van der Waals surface area contributed by atoms with Crippen LogP contribution in [0.25, 0.3) is 0 Å². The first-order chi connectivity index (χ1) is 6.11.